The highest BCUT2D eigenvalue weighted by molar-refractivity contribution is 5.05. The summed E-state index contributed by atoms with van der Waals surface area (Å²) < 4.78 is 10.8. The molecule has 5 heteroatoms. The lowest BCUT2D eigenvalue weighted by Gasteiger charge is -2.33. The lowest BCUT2D eigenvalue weighted by atomic mass is 9.77. The summed E-state index contributed by atoms with van der Waals surface area (Å²) in [6.45, 7) is 6.73. The van der Waals surface area contributed by atoms with Crippen LogP contribution in [0, 0.1) is 5.92 Å². The van der Waals surface area contributed by atoms with Crippen LogP contribution in [0.3, 0.4) is 0 Å². The Morgan fingerprint density at radius 2 is 2.39 bits per heavy atom. The summed E-state index contributed by atoms with van der Waals surface area (Å²) in [5, 5.41) is 3.99. The van der Waals surface area contributed by atoms with Gasteiger partial charge in [0.25, 0.3) is 0 Å². The van der Waals surface area contributed by atoms with Gasteiger partial charge in [-0.15, -0.1) is 0 Å². The van der Waals surface area contributed by atoms with Gasteiger partial charge in [0.2, 0.25) is 5.89 Å². The van der Waals surface area contributed by atoms with Crippen molar-refractivity contribution in [3.63, 3.8) is 0 Å². The average Bonchev–Trinajstić information content (AvgIpc) is 2.79. The number of nitrogens with two attached hydrogens (primary N) is 1. The Bertz CT molecular complexity index is 393. The van der Waals surface area contributed by atoms with Crippen molar-refractivity contribution >= 4 is 0 Å². The topological polar surface area (TPSA) is 74.2 Å². The van der Waals surface area contributed by atoms with Crippen LogP contribution in [0.15, 0.2) is 4.52 Å². The van der Waals surface area contributed by atoms with E-state index < -0.39 is 5.54 Å². The molecule has 1 heterocycles. The molecule has 3 unspecified atom stereocenters. The van der Waals surface area contributed by atoms with Crippen molar-refractivity contribution in [2.75, 3.05) is 6.61 Å². The van der Waals surface area contributed by atoms with Crippen LogP contribution >= 0.6 is 0 Å². The van der Waals surface area contributed by atoms with Crippen molar-refractivity contribution in [1.82, 2.24) is 10.1 Å². The molecule has 2 N–H and O–H groups in total. The van der Waals surface area contributed by atoms with Gasteiger partial charge >= 0.3 is 0 Å². The predicted molar refractivity (Wildman–Crippen MR) is 67.8 cm³/mol. The van der Waals surface area contributed by atoms with Crippen molar-refractivity contribution in [2.45, 2.75) is 58.1 Å². The van der Waals surface area contributed by atoms with Gasteiger partial charge in [0.15, 0.2) is 5.82 Å². The van der Waals surface area contributed by atoms with Crippen LogP contribution in [0.4, 0.5) is 0 Å². The fraction of sp³-hybridized carbons (Fsp3) is 0.846. The highest BCUT2D eigenvalue weighted by Gasteiger charge is 2.38. The van der Waals surface area contributed by atoms with Gasteiger partial charge in [-0.2, -0.15) is 4.98 Å². The van der Waals surface area contributed by atoms with E-state index in [4.69, 9.17) is 15.0 Å². The summed E-state index contributed by atoms with van der Waals surface area (Å²) >= 11 is 0. The molecule has 0 aliphatic heterocycles. The highest BCUT2D eigenvalue weighted by Crippen LogP contribution is 2.37. The molecule has 1 aromatic heterocycles. The maximum absolute atomic E-state index is 6.42. The van der Waals surface area contributed by atoms with Crippen LogP contribution in [0.2, 0.25) is 0 Å². The number of nitrogens with zero attached hydrogens (tertiary/aromatic N) is 2. The molecule has 1 aromatic rings. The van der Waals surface area contributed by atoms with E-state index in [1.165, 1.54) is 6.42 Å². The van der Waals surface area contributed by atoms with Gasteiger partial charge in [0.05, 0.1) is 5.54 Å². The van der Waals surface area contributed by atoms with E-state index in [1.54, 1.807) is 0 Å². The van der Waals surface area contributed by atoms with Crippen LogP contribution in [0.25, 0.3) is 0 Å². The molecular weight excluding hydrogens is 230 g/mol. The molecule has 1 fully saturated rings. The zero-order chi connectivity index (χ0) is 13.2. The molecule has 2 rings (SSSR count). The molecule has 18 heavy (non-hydrogen) atoms. The maximum Gasteiger partial charge on any atom is 0.246 e. The molecule has 0 spiro atoms. The Morgan fingerprint density at radius 3 is 3.06 bits per heavy atom. The van der Waals surface area contributed by atoms with Crippen LogP contribution in [0.5, 0.6) is 0 Å². The molecule has 0 saturated heterocycles. The summed E-state index contributed by atoms with van der Waals surface area (Å²) in [6.07, 6.45) is 4.04. The van der Waals surface area contributed by atoms with E-state index in [1.807, 2.05) is 13.8 Å². The fourth-order valence-corrected chi connectivity index (χ4v) is 2.71. The second-order valence-corrected chi connectivity index (χ2v) is 5.41. The summed E-state index contributed by atoms with van der Waals surface area (Å²) in [6, 6.07) is 0. The Kier molecular flexibility index (Phi) is 4.02. The highest BCUT2D eigenvalue weighted by atomic mass is 16.5. The predicted octanol–water partition coefficient (Wildman–Crippen LogP) is 2.53. The van der Waals surface area contributed by atoms with Gasteiger partial charge in [0.1, 0.15) is 6.10 Å². The smallest absolute Gasteiger partial charge is 0.246 e. The van der Waals surface area contributed by atoms with Crippen molar-refractivity contribution in [1.29, 1.82) is 0 Å². The standard InChI is InChI=1S/C13H23N3O2/c1-4-17-10(3)11-15-12(18-16-11)13(14)7-5-6-9(2)8-13/h9-10H,4-8,14H2,1-3H3. The van der Waals surface area contributed by atoms with Crippen LogP contribution in [-0.2, 0) is 10.3 Å². The average molecular weight is 253 g/mol. The minimum absolute atomic E-state index is 0.142. The second-order valence-electron chi connectivity index (χ2n) is 5.41. The molecular formula is C13H23N3O2. The van der Waals surface area contributed by atoms with Gasteiger partial charge in [0, 0.05) is 6.61 Å². The number of ether oxygens (including phenoxy) is 1. The molecule has 1 saturated carbocycles. The lowest BCUT2D eigenvalue weighted by Crippen LogP contribution is -2.41. The Balaban J connectivity index is 2.13. The Hall–Kier alpha value is -0.940. The molecule has 0 radical (unpaired) electrons. The SMILES string of the molecule is CCOC(C)c1noc(C2(N)CCCC(C)C2)n1. The largest absolute Gasteiger partial charge is 0.371 e. The molecule has 102 valence electrons. The first-order chi connectivity index (χ1) is 8.55. The third-order valence-electron chi connectivity index (χ3n) is 3.68. The van der Waals surface area contributed by atoms with Crippen molar-refractivity contribution in [3.05, 3.63) is 11.7 Å². The summed E-state index contributed by atoms with van der Waals surface area (Å²) in [5.41, 5.74) is 5.97. The zero-order valence-corrected chi connectivity index (χ0v) is 11.5. The second kappa shape index (κ2) is 5.36. The molecule has 0 bridgehead atoms. The van der Waals surface area contributed by atoms with Crippen LogP contribution in [-0.4, -0.2) is 16.7 Å². The molecule has 1 aliphatic carbocycles. The number of hydrogen-bond donors (Lipinski definition) is 1. The third-order valence-corrected chi connectivity index (χ3v) is 3.68. The monoisotopic (exact) mass is 253 g/mol. The summed E-state index contributed by atoms with van der Waals surface area (Å²) in [7, 11) is 0. The van der Waals surface area contributed by atoms with Gasteiger partial charge in [-0.05, 0) is 32.6 Å². The van der Waals surface area contributed by atoms with Crippen molar-refractivity contribution < 1.29 is 9.26 Å². The maximum atomic E-state index is 6.42. The van der Waals surface area contributed by atoms with E-state index >= 15 is 0 Å². The Labute approximate surface area is 108 Å². The summed E-state index contributed by atoms with van der Waals surface area (Å²) in [4.78, 5) is 4.43. The van der Waals surface area contributed by atoms with E-state index in [9.17, 15) is 0 Å². The van der Waals surface area contributed by atoms with Gasteiger partial charge in [-0.1, -0.05) is 24.9 Å². The first-order valence-electron chi connectivity index (χ1n) is 6.79. The van der Waals surface area contributed by atoms with Gasteiger partial charge in [-0.3, -0.25) is 0 Å². The molecule has 5 nitrogen and oxygen atoms in total. The molecule has 0 amide bonds. The van der Waals surface area contributed by atoms with Gasteiger partial charge in [-0.25, -0.2) is 0 Å². The fourth-order valence-electron chi connectivity index (χ4n) is 2.71. The number of hydrogen-bond acceptors (Lipinski definition) is 5. The van der Waals surface area contributed by atoms with E-state index in [0.29, 0.717) is 24.2 Å². The van der Waals surface area contributed by atoms with Crippen molar-refractivity contribution in [3.8, 4) is 0 Å². The van der Waals surface area contributed by atoms with E-state index in [0.717, 1.165) is 19.3 Å². The normalized spacial score (nSPS) is 30.3. The van der Waals surface area contributed by atoms with Gasteiger partial charge < -0.3 is 15.0 Å². The molecule has 1 aliphatic rings. The van der Waals surface area contributed by atoms with Crippen molar-refractivity contribution in [2.24, 2.45) is 11.7 Å². The number of aromatic nitrogens is 2. The van der Waals surface area contributed by atoms with E-state index in [-0.39, 0.29) is 6.10 Å². The van der Waals surface area contributed by atoms with Crippen LogP contribution < -0.4 is 5.73 Å². The molecule has 3 atom stereocenters. The quantitative estimate of drug-likeness (QED) is 0.892. The van der Waals surface area contributed by atoms with E-state index in [2.05, 4.69) is 17.1 Å². The zero-order valence-electron chi connectivity index (χ0n) is 11.5. The van der Waals surface area contributed by atoms with Crippen LogP contribution in [0.1, 0.15) is 64.3 Å². The first-order valence-corrected chi connectivity index (χ1v) is 6.79. The molecule has 0 aromatic carbocycles. The first kappa shape index (κ1) is 13.5. The minimum Gasteiger partial charge on any atom is -0.371 e. The summed E-state index contributed by atoms with van der Waals surface area (Å²) in [5.74, 6) is 1.77. The Morgan fingerprint density at radius 1 is 1.61 bits per heavy atom. The lowest BCUT2D eigenvalue weighted by molar-refractivity contribution is 0.0683. The minimum atomic E-state index is -0.450. The third kappa shape index (κ3) is 2.72. The number of rotatable bonds is 4.